The second-order valence-electron chi connectivity index (χ2n) is 7.17. The van der Waals surface area contributed by atoms with Gasteiger partial charge >= 0.3 is 0 Å². The molecule has 0 spiro atoms. The predicted molar refractivity (Wildman–Crippen MR) is 95.8 cm³/mol. The van der Waals surface area contributed by atoms with E-state index in [1.54, 1.807) is 25.4 Å². The predicted octanol–water partition coefficient (Wildman–Crippen LogP) is 2.79. The highest BCUT2D eigenvalue weighted by Crippen LogP contribution is 2.21. The van der Waals surface area contributed by atoms with Gasteiger partial charge in [-0.15, -0.1) is 0 Å². The summed E-state index contributed by atoms with van der Waals surface area (Å²) in [6, 6.07) is 5.90. The molecular formula is C19H24FN3O3. The van der Waals surface area contributed by atoms with Gasteiger partial charge in [0, 0.05) is 31.0 Å². The number of aromatic nitrogens is 1. The minimum atomic E-state index is -0.337. The van der Waals surface area contributed by atoms with Crippen molar-refractivity contribution in [2.24, 2.45) is 0 Å². The van der Waals surface area contributed by atoms with E-state index in [0.717, 1.165) is 0 Å². The molecule has 1 heterocycles. The fourth-order valence-corrected chi connectivity index (χ4v) is 2.34. The number of rotatable bonds is 6. The van der Waals surface area contributed by atoms with Crippen LogP contribution in [0.15, 0.2) is 34.9 Å². The van der Waals surface area contributed by atoms with Gasteiger partial charge in [-0.2, -0.15) is 0 Å². The van der Waals surface area contributed by atoms with E-state index in [1.165, 1.54) is 17.0 Å². The quantitative estimate of drug-likeness (QED) is 0.858. The van der Waals surface area contributed by atoms with Crippen LogP contribution < -0.4 is 5.32 Å². The van der Waals surface area contributed by atoms with Crippen molar-refractivity contribution in [1.29, 1.82) is 0 Å². The van der Waals surface area contributed by atoms with Crippen molar-refractivity contribution in [3.8, 4) is 11.3 Å². The molecule has 0 bridgehead atoms. The van der Waals surface area contributed by atoms with Gasteiger partial charge in [0.05, 0.1) is 12.7 Å². The molecule has 0 unspecified atom stereocenters. The highest BCUT2D eigenvalue weighted by atomic mass is 19.1. The van der Waals surface area contributed by atoms with Crippen LogP contribution in [0.1, 0.15) is 33.1 Å². The van der Waals surface area contributed by atoms with Crippen molar-refractivity contribution in [2.45, 2.75) is 39.2 Å². The van der Waals surface area contributed by atoms with Crippen LogP contribution in [-0.2, 0) is 16.0 Å². The zero-order valence-corrected chi connectivity index (χ0v) is 15.5. The third-order valence-corrected chi connectivity index (χ3v) is 3.56. The summed E-state index contributed by atoms with van der Waals surface area (Å²) in [5.74, 6) is 0.242. The number of benzene rings is 1. The summed E-state index contributed by atoms with van der Waals surface area (Å²) in [5.41, 5.74) is 0.378. The molecule has 0 radical (unpaired) electrons. The number of nitrogens with one attached hydrogen (secondary N) is 1. The van der Waals surface area contributed by atoms with Gasteiger partial charge in [0.1, 0.15) is 5.82 Å². The van der Waals surface area contributed by atoms with Gasteiger partial charge < -0.3 is 14.6 Å². The van der Waals surface area contributed by atoms with E-state index in [2.05, 4.69) is 10.3 Å². The van der Waals surface area contributed by atoms with Crippen LogP contribution in [0.25, 0.3) is 11.3 Å². The fourth-order valence-electron chi connectivity index (χ4n) is 2.34. The molecule has 1 aromatic heterocycles. The standard InChI is InChI=1S/C19H24FN3O3/c1-19(2,3)22-16(24)12-23(4)18(25)10-9-17-21-11-15(26-17)13-5-7-14(20)8-6-13/h5-8,11H,9-10,12H2,1-4H3,(H,22,24). The zero-order chi connectivity index (χ0) is 19.3. The lowest BCUT2D eigenvalue weighted by molar-refractivity contribution is -0.135. The second kappa shape index (κ2) is 8.12. The van der Waals surface area contributed by atoms with E-state index in [9.17, 15) is 14.0 Å². The molecule has 2 aromatic rings. The molecule has 0 atom stereocenters. The first kappa shape index (κ1) is 19.6. The highest BCUT2D eigenvalue weighted by molar-refractivity contribution is 5.85. The Kier molecular flexibility index (Phi) is 6.13. The number of likely N-dealkylation sites (N-methyl/N-ethyl adjacent to an activating group) is 1. The summed E-state index contributed by atoms with van der Waals surface area (Å²) in [4.78, 5) is 29.6. The number of carbonyl (C=O) groups excluding carboxylic acids is 2. The molecule has 1 aromatic carbocycles. The minimum Gasteiger partial charge on any atom is -0.441 e. The molecule has 0 fully saturated rings. The first-order chi connectivity index (χ1) is 12.1. The van der Waals surface area contributed by atoms with E-state index >= 15 is 0 Å². The number of hydrogen-bond donors (Lipinski definition) is 1. The molecule has 6 nitrogen and oxygen atoms in total. The first-order valence-corrected chi connectivity index (χ1v) is 8.40. The maximum atomic E-state index is 13.0. The molecule has 0 aliphatic heterocycles. The van der Waals surface area contributed by atoms with Crippen molar-refractivity contribution in [3.05, 3.63) is 42.2 Å². The van der Waals surface area contributed by atoms with Crippen LogP contribution in [0.4, 0.5) is 4.39 Å². The summed E-state index contributed by atoms with van der Waals surface area (Å²) in [5, 5.41) is 2.81. The largest absolute Gasteiger partial charge is 0.441 e. The highest BCUT2D eigenvalue weighted by Gasteiger charge is 2.18. The number of oxazole rings is 1. The SMILES string of the molecule is CN(CC(=O)NC(C)(C)C)C(=O)CCc1ncc(-c2ccc(F)cc2)o1. The molecule has 1 N–H and O–H groups in total. The minimum absolute atomic E-state index is 0.00250. The third kappa shape index (κ3) is 5.98. The molecule has 0 saturated heterocycles. The summed E-state index contributed by atoms with van der Waals surface area (Å²) >= 11 is 0. The maximum Gasteiger partial charge on any atom is 0.240 e. The van der Waals surface area contributed by atoms with Crippen molar-refractivity contribution in [1.82, 2.24) is 15.2 Å². The Bertz CT molecular complexity index is 763. The Morgan fingerprint density at radius 3 is 2.50 bits per heavy atom. The van der Waals surface area contributed by atoms with Crippen LogP contribution in [0.2, 0.25) is 0 Å². The summed E-state index contributed by atoms with van der Waals surface area (Å²) < 4.78 is 18.6. The lowest BCUT2D eigenvalue weighted by Gasteiger charge is -2.23. The summed E-state index contributed by atoms with van der Waals surface area (Å²) in [6.07, 6.45) is 2.06. The van der Waals surface area contributed by atoms with E-state index in [4.69, 9.17) is 4.42 Å². The lowest BCUT2D eigenvalue weighted by Crippen LogP contribution is -2.46. The maximum absolute atomic E-state index is 13.0. The average Bonchev–Trinajstić information content (AvgIpc) is 3.00. The molecule has 0 saturated carbocycles. The van der Waals surface area contributed by atoms with Crippen LogP contribution in [0.5, 0.6) is 0 Å². The zero-order valence-electron chi connectivity index (χ0n) is 15.5. The lowest BCUT2D eigenvalue weighted by atomic mass is 10.1. The number of halogens is 1. The number of nitrogens with zero attached hydrogens (tertiary/aromatic N) is 2. The van der Waals surface area contributed by atoms with Gasteiger partial charge in [-0.1, -0.05) is 0 Å². The molecular weight excluding hydrogens is 337 g/mol. The molecule has 2 amide bonds. The number of amides is 2. The first-order valence-electron chi connectivity index (χ1n) is 8.40. The average molecular weight is 361 g/mol. The van der Waals surface area contributed by atoms with E-state index in [1.807, 2.05) is 20.8 Å². The molecule has 26 heavy (non-hydrogen) atoms. The van der Waals surface area contributed by atoms with Crippen molar-refractivity contribution in [3.63, 3.8) is 0 Å². The van der Waals surface area contributed by atoms with Gasteiger partial charge in [0.25, 0.3) is 0 Å². The van der Waals surface area contributed by atoms with E-state index in [-0.39, 0.29) is 36.1 Å². The van der Waals surface area contributed by atoms with Gasteiger partial charge in [-0.3, -0.25) is 9.59 Å². The van der Waals surface area contributed by atoms with Crippen molar-refractivity contribution < 1.29 is 18.4 Å². The Hall–Kier alpha value is -2.70. The van der Waals surface area contributed by atoms with Crippen LogP contribution in [0.3, 0.4) is 0 Å². The van der Waals surface area contributed by atoms with E-state index < -0.39 is 0 Å². The fraction of sp³-hybridized carbons (Fsp3) is 0.421. The van der Waals surface area contributed by atoms with E-state index in [0.29, 0.717) is 23.6 Å². The second-order valence-corrected chi connectivity index (χ2v) is 7.17. The smallest absolute Gasteiger partial charge is 0.240 e. The Balaban J connectivity index is 1.85. The Labute approximate surface area is 152 Å². The normalized spacial score (nSPS) is 11.3. The molecule has 140 valence electrons. The van der Waals surface area contributed by atoms with Gasteiger partial charge in [-0.25, -0.2) is 9.37 Å². The van der Waals surface area contributed by atoms with Crippen molar-refractivity contribution >= 4 is 11.8 Å². The number of carbonyl (C=O) groups is 2. The molecule has 0 aliphatic rings. The van der Waals surface area contributed by atoms with Gasteiger partial charge in [-0.05, 0) is 45.0 Å². The van der Waals surface area contributed by atoms with Crippen LogP contribution in [-0.4, -0.2) is 40.8 Å². The topological polar surface area (TPSA) is 75.4 Å². The number of hydrogen-bond acceptors (Lipinski definition) is 4. The van der Waals surface area contributed by atoms with Gasteiger partial charge in [0.15, 0.2) is 11.7 Å². The van der Waals surface area contributed by atoms with Gasteiger partial charge in [0.2, 0.25) is 11.8 Å². The van der Waals surface area contributed by atoms with Crippen LogP contribution >= 0.6 is 0 Å². The Morgan fingerprint density at radius 1 is 1.23 bits per heavy atom. The van der Waals surface area contributed by atoms with Crippen molar-refractivity contribution in [2.75, 3.05) is 13.6 Å². The Morgan fingerprint density at radius 2 is 1.88 bits per heavy atom. The molecule has 0 aliphatic carbocycles. The summed E-state index contributed by atoms with van der Waals surface area (Å²) in [6.45, 7) is 5.65. The molecule has 7 heteroatoms. The summed E-state index contributed by atoms with van der Waals surface area (Å²) in [7, 11) is 1.59. The molecule has 2 rings (SSSR count). The number of aryl methyl sites for hydroxylation is 1. The van der Waals surface area contributed by atoms with Crippen LogP contribution in [0, 0.1) is 5.82 Å². The monoisotopic (exact) mass is 361 g/mol. The third-order valence-electron chi connectivity index (χ3n) is 3.56.